The van der Waals surface area contributed by atoms with E-state index in [4.69, 9.17) is 4.74 Å². The fraction of sp³-hybridized carbons (Fsp3) is 0.280. The first-order chi connectivity index (χ1) is 16.8. The Bertz CT molecular complexity index is 1480. The summed E-state index contributed by atoms with van der Waals surface area (Å²) in [5.41, 5.74) is 4.99. The zero-order chi connectivity index (χ0) is 25.1. The van der Waals surface area contributed by atoms with E-state index in [1.165, 1.54) is 16.2 Å². The van der Waals surface area contributed by atoms with Crippen molar-refractivity contribution in [3.63, 3.8) is 0 Å². The summed E-state index contributed by atoms with van der Waals surface area (Å²) < 4.78 is 9.54. The van der Waals surface area contributed by atoms with Crippen LogP contribution in [0.5, 0.6) is 5.75 Å². The van der Waals surface area contributed by atoms with Crippen molar-refractivity contribution in [2.75, 3.05) is 12.0 Å². The number of hydrogen-bond donors (Lipinski definition) is 2. The highest BCUT2D eigenvalue weighted by atomic mass is 16.5. The summed E-state index contributed by atoms with van der Waals surface area (Å²) >= 11 is 0. The second-order valence-electron chi connectivity index (χ2n) is 8.38. The highest BCUT2D eigenvalue weighted by Crippen LogP contribution is 2.18. The number of aliphatic hydroxyl groups excluding tert-OH is 1. The fourth-order valence-electron chi connectivity index (χ4n) is 3.68. The standard InChI is InChI=1S/C25H28N6O4/c1-16-10-12-20(13-11-16)35-15-19(32)14-31-21-22(29(3)25(34)30(4)23(21)33)26-24(31)28-27-17(2)18-8-6-5-7-9-18/h5-13,19,32H,14-15H2,1-4H3,(H,26,28). The Morgan fingerprint density at radius 1 is 1.09 bits per heavy atom. The number of hydrazone groups is 1. The van der Waals surface area contributed by atoms with E-state index in [1.807, 2.05) is 68.4 Å². The van der Waals surface area contributed by atoms with Crippen LogP contribution >= 0.6 is 0 Å². The molecule has 2 aromatic carbocycles. The molecule has 2 N–H and O–H groups in total. The number of hydrogen-bond acceptors (Lipinski definition) is 7. The SMILES string of the molecule is CC(=NNc1nc2c(c(=O)n(C)c(=O)n2C)n1CC(O)COc1ccc(C)cc1)c1ccccc1. The minimum atomic E-state index is -0.963. The lowest BCUT2D eigenvalue weighted by molar-refractivity contribution is 0.0938. The number of nitrogens with zero attached hydrogens (tertiary/aromatic N) is 5. The molecule has 4 rings (SSSR count). The summed E-state index contributed by atoms with van der Waals surface area (Å²) in [6.45, 7) is 3.82. The molecule has 2 heterocycles. The largest absolute Gasteiger partial charge is 0.491 e. The maximum atomic E-state index is 13.0. The molecule has 2 aromatic heterocycles. The summed E-state index contributed by atoms with van der Waals surface area (Å²) in [7, 11) is 2.95. The summed E-state index contributed by atoms with van der Waals surface area (Å²) in [6.07, 6.45) is -0.963. The van der Waals surface area contributed by atoms with E-state index < -0.39 is 17.4 Å². The summed E-state index contributed by atoms with van der Waals surface area (Å²) in [4.78, 5) is 29.9. The van der Waals surface area contributed by atoms with E-state index in [9.17, 15) is 14.7 Å². The molecule has 0 aliphatic carbocycles. The topological polar surface area (TPSA) is 116 Å². The predicted octanol–water partition coefficient (Wildman–Crippen LogP) is 2.02. The monoisotopic (exact) mass is 476 g/mol. The minimum Gasteiger partial charge on any atom is -0.491 e. The maximum absolute atomic E-state index is 13.0. The molecule has 4 aromatic rings. The van der Waals surface area contributed by atoms with E-state index in [0.29, 0.717) is 11.5 Å². The van der Waals surface area contributed by atoms with Crippen LogP contribution in [0.15, 0.2) is 69.3 Å². The van der Waals surface area contributed by atoms with E-state index in [-0.39, 0.29) is 30.3 Å². The van der Waals surface area contributed by atoms with Gasteiger partial charge >= 0.3 is 5.69 Å². The van der Waals surface area contributed by atoms with Crippen molar-refractivity contribution in [2.45, 2.75) is 26.5 Å². The molecule has 0 saturated carbocycles. The highest BCUT2D eigenvalue weighted by Gasteiger charge is 2.21. The second-order valence-corrected chi connectivity index (χ2v) is 8.38. The molecule has 1 unspecified atom stereocenters. The van der Waals surface area contributed by atoms with Crippen LogP contribution in [0.2, 0.25) is 0 Å². The van der Waals surface area contributed by atoms with E-state index in [0.717, 1.165) is 15.7 Å². The van der Waals surface area contributed by atoms with Crippen LogP contribution < -0.4 is 21.4 Å². The summed E-state index contributed by atoms with van der Waals surface area (Å²) in [6, 6.07) is 17.1. The molecule has 0 spiro atoms. The van der Waals surface area contributed by atoms with Gasteiger partial charge < -0.3 is 14.4 Å². The number of aliphatic hydroxyl groups is 1. The number of anilines is 1. The number of nitrogens with one attached hydrogen (secondary N) is 1. The van der Waals surface area contributed by atoms with Gasteiger partial charge in [-0.25, -0.2) is 10.2 Å². The average molecular weight is 477 g/mol. The molecule has 182 valence electrons. The van der Waals surface area contributed by atoms with Crippen molar-refractivity contribution in [3.8, 4) is 5.75 Å². The smallest absolute Gasteiger partial charge is 0.332 e. The number of rotatable bonds is 8. The molecule has 0 aliphatic rings. The quantitative estimate of drug-likeness (QED) is 0.297. The normalized spacial score (nSPS) is 12.7. The number of imidazole rings is 1. The zero-order valence-electron chi connectivity index (χ0n) is 20.1. The maximum Gasteiger partial charge on any atom is 0.332 e. The van der Waals surface area contributed by atoms with E-state index in [1.54, 1.807) is 7.05 Å². The Kier molecular flexibility index (Phi) is 6.83. The number of fused-ring (bicyclic) bond motifs is 1. The third-order valence-electron chi connectivity index (χ3n) is 5.72. The van der Waals surface area contributed by atoms with Crippen LogP contribution in [-0.2, 0) is 20.6 Å². The van der Waals surface area contributed by atoms with Gasteiger partial charge in [-0.05, 0) is 31.5 Å². The third-order valence-corrected chi connectivity index (χ3v) is 5.72. The van der Waals surface area contributed by atoms with Crippen molar-refractivity contribution in [1.29, 1.82) is 0 Å². The van der Waals surface area contributed by atoms with Crippen LogP contribution in [0.1, 0.15) is 18.1 Å². The lowest BCUT2D eigenvalue weighted by atomic mass is 10.1. The Morgan fingerprint density at radius 3 is 2.46 bits per heavy atom. The van der Waals surface area contributed by atoms with Gasteiger partial charge in [-0.3, -0.25) is 13.9 Å². The molecular formula is C25H28N6O4. The first-order valence-corrected chi connectivity index (χ1v) is 11.2. The van der Waals surface area contributed by atoms with Gasteiger partial charge in [0.05, 0.1) is 12.3 Å². The number of benzene rings is 2. The van der Waals surface area contributed by atoms with Crippen LogP contribution in [0.25, 0.3) is 11.2 Å². The molecule has 10 heteroatoms. The number of aryl methyl sites for hydroxylation is 2. The van der Waals surface area contributed by atoms with Gasteiger partial charge in [0.2, 0.25) is 5.95 Å². The van der Waals surface area contributed by atoms with Crippen LogP contribution in [0, 0.1) is 6.92 Å². The molecule has 0 saturated heterocycles. The van der Waals surface area contributed by atoms with Crippen molar-refractivity contribution in [3.05, 3.63) is 86.6 Å². The molecular weight excluding hydrogens is 448 g/mol. The van der Waals surface area contributed by atoms with Gasteiger partial charge in [0.15, 0.2) is 11.2 Å². The lowest BCUT2D eigenvalue weighted by Crippen LogP contribution is -2.38. The molecule has 0 fully saturated rings. The fourth-order valence-corrected chi connectivity index (χ4v) is 3.68. The molecule has 10 nitrogen and oxygen atoms in total. The second kappa shape index (κ2) is 9.98. The Balaban J connectivity index is 1.68. The van der Waals surface area contributed by atoms with Gasteiger partial charge in [0.25, 0.3) is 5.56 Å². The van der Waals surface area contributed by atoms with Crippen molar-refractivity contribution < 1.29 is 9.84 Å². The van der Waals surface area contributed by atoms with Crippen molar-refractivity contribution in [2.24, 2.45) is 19.2 Å². The Hall–Kier alpha value is -4.18. The number of aromatic nitrogens is 4. The zero-order valence-corrected chi connectivity index (χ0v) is 20.1. The Labute approximate surface area is 201 Å². The molecule has 35 heavy (non-hydrogen) atoms. The summed E-state index contributed by atoms with van der Waals surface area (Å²) in [5.74, 6) is 0.854. The third kappa shape index (κ3) is 5.02. The first-order valence-electron chi connectivity index (χ1n) is 11.2. The minimum absolute atomic E-state index is 0.000560. The number of ether oxygens (including phenoxy) is 1. The molecule has 0 amide bonds. The molecule has 1 atom stereocenters. The Morgan fingerprint density at radius 2 is 1.77 bits per heavy atom. The first kappa shape index (κ1) is 24.0. The lowest BCUT2D eigenvalue weighted by Gasteiger charge is -2.15. The van der Waals surface area contributed by atoms with Crippen molar-refractivity contribution in [1.82, 2.24) is 18.7 Å². The summed E-state index contributed by atoms with van der Waals surface area (Å²) in [5, 5.41) is 15.2. The molecule has 0 aliphatic heterocycles. The van der Waals surface area contributed by atoms with Gasteiger partial charge in [-0.15, -0.1) is 0 Å². The van der Waals surface area contributed by atoms with Gasteiger partial charge in [-0.1, -0.05) is 48.0 Å². The highest BCUT2D eigenvalue weighted by molar-refractivity contribution is 5.99. The molecule has 0 bridgehead atoms. The van der Waals surface area contributed by atoms with Crippen LogP contribution in [0.4, 0.5) is 5.95 Å². The molecule has 0 radical (unpaired) electrons. The van der Waals surface area contributed by atoms with E-state index >= 15 is 0 Å². The van der Waals surface area contributed by atoms with Crippen molar-refractivity contribution >= 4 is 22.8 Å². The van der Waals surface area contributed by atoms with E-state index in [2.05, 4.69) is 15.5 Å². The van der Waals surface area contributed by atoms with Gasteiger partial charge in [-0.2, -0.15) is 10.1 Å². The average Bonchev–Trinajstić information content (AvgIpc) is 3.23. The van der Waals surface area contributed by atoms with Gasteiger partial charge in [0, 0.05) is 14.1 Å². The van der Waals surface area contributed by atoms with Gasteiger partial charge in [0.1, 0.15) is 18.5 Å². The van der Waals surface area contributed by atoms with Crippen LogP contribution in [-0.4, -0.2) is 42.2 Å². The van der Waals surface area contributed by atoms with Crippen LogP contribution in [0.3, 0.4) is 0 Å². The predicted molar refractivity (Wildman–Crippen MR) is 135 cm³/mol.